The largest absolute Gasteiger partial charge is 0.387 e. The van der Waals surface area contributed by atoms with Crippen molar-refractivity contribution in [2.45, 2.75) is 6.54 Å². The molecule has 0 aliphatic carbocycles. The maximum Gasteiger partial charge on any atom is 0.274 e. The molecule has 0 spiro atoms. The molecular weight excluding hydrogens is 258 g/mol. The van der Waals surface area contributed by atoms with Gasteiger partial charge in [0.25, 0.3) is 5.91 Å². The van der Waals surface area contributed by atoms with Crippen molar-refractivity contribution in [2.75, 3.05) is 31.4 Å². The number of hydrogen-bond acceptors (Lipinski definition) is 5. The van der Waals surface area contributed by atoms with E-state index in [0.717, 1.165) is 5.69 Å². The molecule has 106 valence electrons. The van der Waals surface area contributed by atoms with Gasteiger partial charge >= 0.3 is 0 Å². The van der Waals surface area contributed by atoms with Crippen LogP contribution in [0.25, 0.3) is 0 Å². The molecule has 0 aliphatic rings. The SMILES string of the molecule is CNc1ccc(C(=O)Nc2cnn(CCOC)c2)nc1. The summed E-state index contributed by atoms with van der Waals surface area (Å²) in [6.45, 7) is 1.21. The van der Waals surface area contributed by atoms with E-state index < -0.39 is 0 Å². The van der Waals surface area contributed by atoms with Crippen LogP contribution in [0.3, 0.4) is 0 Å². The van der Waals surface area contributed by atoms with Gasteiger partial charge in [-0.15, -0.1) is 0 Å². The second-order valence-electron chi connectivity index (χ2n) is 4.12. The molecule has 0 aliphatic heterocycles. The highest BCUT2D eigenvalue weighted by molar-refractivity contribution is 6.02. The second kappa shape index (κ2) is 6.67. The fraction of sp³-hybridized carbons (Fsp3) is 0.308. The molecule has 0 radical (unpaired) electrons. The molecule has 20 heavy (non-hydrogen) atoms. The highest BCUT2D eigenvalue weighted by atomic mass is 16.5. The minimum atomic E-state index is -0.265. The first-order valence-electron chi connectivity index (χ1n) is 6.19. The van der Waals surface area contributed by atoms with Crippen molar-refractivity contribution in [1.29, 1.82) is 0 Å². The van der Waals surface area contributed by atoms with Crippen molar-refractivity contribution in [3.8, 4) is 0 Å². The molecule has 0 saturated carbocycles. The molecule has 1 amide bonds. The standard InChI is InChI=1S/C13H17N5O2/c1-14-10-3-4-12(15-7-10)13(19)17-11-8-16-18(9-11)5-6-20-2/h3-4,7-9,14H,5-6H2,1-2H3,(H,17,19). The Morgan fingerprint density at radius 1 is 1.35 bits per heavy atom. The third kappa shape index (κ3) is 3.55. The zero-order valence-electron chi connectivity index (χ0n) is 11.5. The van der Waals surface area contributed by atoms with Crippen molar-refractivity contribution >= 4 is 17.3 Å². The van der Waals surface area contributed by atoms with Gasteiger partial charge in [0.2, 0.25) is 0 Å². The van der Waals surface area contributed by atoms with Crippen LogP contribution in [0.1, 0.15) is 10.5 Å². The number of ether oxygens (including phenoxy) is 1. The number of aromatic nitrogens is 3. The lowest BCUT2D eigenvalue weighted by atomic mass is 10.3. The molecule has 7 nitrogen and oxygen atoms in total. The minimum absolute atomic E-state index is 0.265. The molecule has 2 rings (SSSR count). The van der Waals surface area contributed by atoms with Crippen LogP contribution in [0, 0.1) is 0 Å². The Hall–Kier alpha value is -2.41. The normalized spacial score (nSPS) is 10.3. The quantitative estimate of drug-likeness (QED) is 0.828. The van der Waals surface area contributed by atoms with Crippen LogP contribution in [0.5, 0.6) is 0 Å². The van der Waals surface area contributed by atoms with Crippen LogP contribution in [0.2, 0.25) is 0 Å². The van der Waals surface area contributed by atoms with Gasteiger partial charge in [0.05, 0.1) is 36.9 Å². The van der Waals surface area contributed by atoms with E-state index in [9.17, 15) is 4.79 Å². The maximum atomic E-state index is 12.0. The van der Waals surface area contributed by atoms with Crippen LogP contribution < -0.4 is 10.6 Å². The Labute approximate surface area is 117 Å². The van der Waals surface area contributed by atoms with E-state index in [1.54, 1.807) is 49.6 Å². The van der Waals surface area contributed by atoms with E-state index in [1.165, 1.54) is 0 Å². The van der Waals surface area contributed by atoms with Crippen molar-refractivity contribution in [1.82, 2.24) is 14.8 Å². The van der Waals surface area contributed by atoms with Crippen LogP contribution in [-0.2, 0) is 11.3 Å². The first kappa shape index (κ1) is 14.0. The first-order valence-corrected chi connectivity index (χ1v) is 6.19. The minimum Gasteiger partial charge on any atom is -0.387 e. The lowest BCUT2D eigenvalue weighted by Crippen LogP contribution is -2.13. The smallest absolute Gasteiger partial charge is 0.274 e. The maximum absolute atomic E-state index is 12.0. The summed E-state index contributed by atoms with van der Waals surface area (Å²) in [6, 6.07) is 3.46. The number of carbonyl (C=O) groups excluding carboxylic acids is 1. The van der Waals surface area contributed by atoms with Gasteiger partial charge in [0.1, 0.15) is 5.69 Å². The number of carbonyl (C=O) groups is 1. The van der Waals surface area contributed by atoms with Crippen molar-refractivity contribution in [2.24, 2.45) is 0 Å². The predicted octanol–water partition coefficient (Wildman–Crippen LogP) is 1.22. The molecule has 7 heteroatoms. The summed E-state index contributed by atoms with van der Waals surface area (Å²) in [7, 11) is 3.43. The van der Waals surface area contributed by atoms with Crippen molar-refractivity contribution in [3.63, 3.8) is 0 Å². The molecule has 0 atom stereocenters. The number of nitrogens with one attached hydrogen (secondary N) is 2. The van der Waals surface area contributed by atoms with E-state index in [1.807, 2.05) is 0 Å². The number of nitrogens with zero attached hydrogens (tertiary/aromatic N) is 3. The van der Waals surface area contributed by atoms with Crippen LogP contribution in [0.4, 0.5) is 11.4 Å². The van der Waals surface area contributed by atoms with Gasteiger partial charge in [-0.2, -0.15) is 5.10 Å². The van der Waals surface area contributed by atoms with Crippen molar-refractivity contribution < 1.29 is 9.53 Å². The Kier molecular flexibility index (Phi) is 4.67. The van der Waals surface area contributed by atoms with Gasteiger partial charge in [-0.1, -0.05) is 0 Å². The molecular formula is C13H17N5O2. The number of methoxy groups -OCH3 is 1. The molecule has 0 bridgehead atoms. The summed E-state index contributed by atoms with van der Waals surface area (Å²) in [5.74, 6) is -0.265. The lowest BCUT2D eigenvalue weighted by Gasteiger charge is -2.03. The van der Waals surface area contributed by atoms with E-state index in [-0.39, 0.29) is 5.91 Å². The number of anilines is 2. The molecule has 2 aromatic rings. The molecule has 2 aromatic heterocycles. The van der Waals surface area contributed by atoms with Gasteiger partial charge < -0.3 is 15.4 Å². The molecule has 0 saturated heterocycles. The average molecular weight is 275 g/mol. The Morgan fingerprint density at radius 2 is 2.20 bits per heavy atom. The number of pyridine rings is 1. The third-order valence-corrected chi connectivity index (χ3v) is 2.70. The van der Waals surface area contributed by atoms with Crippen LogP contribution >= 0.6 is 0 Å². The lowest BCUT2D eigenvalue weighted by molar-refractivity contribution is 0.102. The molecule has 0 aromatic carbocycles. The highest BCUT2D eigenvalue weighted by Gasteiger charge is 2.08. The molecule has 0 fully saturated rings. The second-order valence-corrected chi connectivity index (χ2v) is 4.12. The zero-order valence-corrected chi connectivity index (χ0v) is 11.5. The Balaban J connectivity index is 1.97. The van der Waals surface area contributed by atoms with E-state index >= 15 is 0 Å². The molecule has 0 unspecified atom stereocenters. The summed E-state index contributed by atoms with van der Waals surface area (Å²) in [5.41, 5.74) is 1.84. The summed E-state index contributed by atoms with van der Waals surface area (Å²) in [6.07, 6.45) is 4.95. The van der Waals surface area contributed by atoms with Crippen LogP contribution in [-0.4, -0.2) is 41.4 Å². The van der Waals surface area contributed by atoms with Gasteiger partial charge in [-0.3, -0.25) is 9.48 Å². The van der Waals surface area contributed by atoms with E-state index in [2.05, 4.69) is 20.7 Å². The summed E-state index contributed by atoms with van der Waals surface area (Å²) >= 11 is 0. The first-order chi connectivity index (χ1) is 9.72. The Bertz CT molecular complexity index is 564. The van der Waals surface area contributed by atoms with E-state index in [4.69, 9.17) is 4.74 Å². The number of rotatable bonds is 6. The number of hydrogen-bond donors (Lipinski definition) is 2. The highest BCUT2D eigenvalue weighted by Crippen LogP contribution is 2.09. The van der Waals surface area contributed by atoms with Gasteiger partial charge in [-0.25, -0.2) is 4.98 Å². The molecule has 2 N–H and O–H groups in total. The van der Waals surface area contributed by atoms with Crippen LogP contribution in [0.15, 0.2) is 30.7 Å². The fourth-order valence-corrected chi connectivity index (χ4v) is 1.61. The average Bonchev–Trinajstić information content (AvgIpc) is 2.92. The topological polar surface area (TPSA) is 81.1 Å². The summed E-state index contributed by atoms with van der Waals surface area (Å²) in [4.78, 5) is 16.1. The fourth-order valence-electron chi connectivity index (χ4n) is 1.61. The van der Waals surface area contributed by atoms with E-state index in [0.29, 0.717) is 24.5 Å². The number of amides is 1. The third-order valence-electron chi connectivity index (χ3n) is 2.70. The van der Waals surface area contributed by atoms with Gasteiger partial charge in [0, 0.05) is 20.4 Å². The predicted molar refractivity (Wildman–Crippen MR) is 75.8 cm³/mol. The zero-order chi connectivity index (χ0) is 14.4. The van der Waals surface area contributed by atoms with Crippen molar-refractivity contribution in [3.05, 3.63) is 36.4 Å². The Morgan fingerprint density at radius 3 is 2.85 bits per heavy atom. The monoisotopic (exact) mass is 275 g/mol. The summed E-state index contributed by atoms with van der Waals surface area (Å²) in [5, 5.41) is 9.81. The van der Waals surface area contributed by atoms with Gasteiger partial charge in [-0.05, 0) is 12.1 Å². The summed E-state index contributed by atoms with van der Waals surface area (Å²) < 4.78 is 6.67. The molecule has 2 heterocycles. The van der Waals surface area contributed by atoms with Gasteiger partial charge in [0.15, 0.2) is 0 Å².